The Labute approximate surface area is 98.8 Å². The van der Waals surface area contributed by atoms with Crippen molar-refractivity contribution in [3.05, 3.63) is 22.7 Å². The summed E-state index contributed by atoms with van der Waals surface area (Å²) < 4.78 is 1.21. The van der Waals surface area contributed by atoms with Gasteiger partial charge in [0, 0.05) is 23.1 Å². The van der Waals surface area contributed by atoms with Crippen LogP contribution in [-0.4, -0.2) is 18.6 Å². The molecule has 1 aromatic carbocycles. The molecule has 3 rings (SSSR count). The maximum atomic E-state index is 3.66. The normalized spacial score (nSPS) is 24.7. The third-order valence-corrected chi connectivity index (χ3v) is 3.89. The molecule has 15 heavy (non-hydrogen) atoms. The summed E-state index contributed by atoms with van der Waals surface area (Å²) in [6.07, 6.45) is 2.70. The molecule has 1 aromatic rings. The van der Waals surface area contributed by atoms with Gasteiger partial charge in [-0.3, -0.25) is 0 Å². The third kappa shape index (κ3) is 1.53. The first-order valence-corrected chi connectivity index (χ1v) is 6.37. The van der Waals surface area contributed by atoms with Crippen LogP contribution in [0.15, 0.2) is 22.7 Å². The molecule has 0 bridgehead atoms. The molecule has 1 unspecified atom stereocenters. The average molecular weight is 267 g/mol. The zero-order valence-electron chi connectivity index (χ0n) is 8.83. The van der Waals surface area contributed by atoms with E-state index in [1.54, 1.807) is 0 Å². The van der Waals surface area contributed by atoms with Gasteiger partial charge in [0.15, 0.2) is 0 Å². The van der Waals surface area contributed by atoms with E-state index in [1.165, 1.54) is 28.7 Å². The van der Waals surface area contributed by atoms with Crippen LogP contribution in [0.5, 0.6) is 0 Å². The first-order chi connectivity index (χ1) is 7.27. The van der Waals surface area contributed by atoms with E-state index < -0.39 is 0 Å². The van der Waals surface area contributed by atoms with Crippen LogP contribution in [0, 0.1) is 0 Å². The van der Waals surface area contributed by atoms with Crippen LogP contribution in [-0.2, 0) is 0 Å². The molecule has 0 aromatic heterocycles. The van der Waals surface area contributed by atoms with Crippen molar-refractivity contribution in [1.29, 1.82) is 0 Å². The van der Waals surface area contributed by atoms with E-state index in [1.807, 2.05) is 0 Å². The molecule has 0 saturated heterocycles. The van der Waals surface area contributed by atoms with Gasteiger partial charge in [0.05, 0.1) is 11.4 Å². The lowest BCUT2D eigenvalue weighted by atomic mass is 10.1. The van der Waals surface area contributed by atoms with Crippen LogP contribution in [0.1, 0.15) is 19.8 Å². The SMILES string of the molecule is CC1CNc2cccc(Br)c2N1C1CC1. The monoisotopic (exact) mass is 266 g/mol. The molecule has 0 radical (unpaired) electrons. The predicted molar refractivity (Wildman–Crippen MR) is 67.6 cm³/mol. The molecule has 0 spiro atoms. The van der Waals surface area contributed by atoms with E-state index in [0.29, 0.717) is 6.04 Å². The van der Waals surface area contributed by atoms with Crippen molar-refractivity contribution in [1.82, 2.24) is 0 Å². The highest BCUT2D eigenvalue weighted by molar-refractivity contribution is 9.10. The zero-order chi connectivity index (χ0) is 10.4. The number of nitrogens with one attached hydrogen (secondary N) is 1. The van der Waals surface area contributed by atoms with Crippen molar-refractivity contribution in [2.45, 2.75) is 31.8 Å². The Morgan fingerprint density at radius 2 is 2.20 bits per heavy atom. The molecule has 1 fully saturated rings. The lowest BCUT2D eigenvalue weighted by Gasteiger charge is -2.38. The molecule has 1 heterocycles. The number of rotatable bonds is 1. The van der Waals surface area contributed by atoms with Crippen LogP contribution in [0.25, 0.3) is 0 Å². The minimum atomic E-state index is 0.601. The minimum absolute atomic E-state index is 0.601. The van der Waals surface area contributed by atoms with E-state index in [9.17, 15) is 0 Å². The maximum Gasteiger partial charge on any atom is 0.0751 e. The van der Waals surface area contributed by atoms with Gasteiger partial charge in [-0.25, -0.2) is 0 Å². The van der Waals surface area contributed by atoms with E-state index in [4.69, 9.17) is 0 Å². The standard InChI is InChI=1S/C12H15BrN2/c1-8-7-14-11-4-2-3-10(13)12(11)15(8)9-5-6-9/h2-4,8-9,14H,5-7H2,1H3. The molecule has 3 heteroatoms. The molecule has 80 valence electrons. The van der Waals surface area contributed by atoms with E-state index in [-0.39, 0.29) is 0 Å². The summed E-state index contributed by atoms with van der Waals surface area (Å²) in [5.41, 5.74) is 2.63. The molecule has 0 amide bonds. The Bertz CT molecular complexity index is 387. The Balaban J connectivity index is 2.09. The van der Waals surface area contributed by atoms with Crippen molar-refractivity contribution >= 4 is 27.3 Å². The van der Waals surface area contributed by atoms with Crippen LogP contribution in [0.2, 0.25) is 0 Å². The molecule has 1 aliphatic heterocycles. The fourth-order valence-electron chi connectivity index (χ4n) is 2.39. The molecule has 2 aliphatic rings. The number of benzene rings is 1. The minimum Gasteiger partial charge on any atom is -0.381 e. The number of hydrogen-bond acceptors (Lipinski definition) is 2. The number of anilines is 2. The Kier molecular flexibility index (Phi) is 2.16. The second-order valence-electron chi connectivity index (χ2n) is 4.50. The fourth-order valence-corrected chi connectivity index (χ4v) is 2.96. The van der Waals surface area contributed by atoms with Crippen molar-refractivity contribution in [2.75, 3.05) is 16.8 Å². The number of para-hydroxylation sites is 1. The summed E-state index contributed by atoms with van der Waals surface area (Å²) >= 11 is 3.66. The highest BCUT2D eigenvalue weighted by Crippen LogP contribution is 2.43. The van der Waals surface area contributed by atoms with Crippen molar-refractivity contribution in [2.24, 2.45) is 0 Å². The largest absolute Gasteiger partial charge is 0.381 e. The van der Waals surface area contributed by atoms with Crippen LogP contribution >= 0.6 is 15.9 Å². The maximum absolute atomic E-state index is 3.66. The highest BCUT2D eigenvalue weighted by Gasteiger charge is 2.36. The summed E-state index contributed by atoms with van der Waals surface area (Å²) in [6, 6.07) is 7.77. The molecule has 1 atom stereocenters. The van der Waals surface area contributed by atoms with Crippen molar-refractivity contribution in [3.8, 4) is 0 Å². The van der Waals surface area contributed by atoms with Gasteiger partial charge in [0.1, 0.15) is 0 Å². The highest BCUT2D eigenvalue weighted by atomic mass is 79.9. The van der Waals surface area contributed by atoms with E-state index in [0.717, 1.165) is 12.6 Å². The predicted octanol–water partition coefficient (Wildman–Crippen LogP) is 3.23. The number of hydrogen-bond donors (Lipinski definition) is 1. The fraction of sp³-hybridized carbons (Fsp3) is 0.500. The van der Waals surface area contributed by atoms with E-state index in [2.05, 4.69) is 51.3 Å². The van der Waals surface area contributed by atoms with Crippen LogP contribution < -0.4 is 10.2 Å². The summed E-state index contributed by atoms with van der Waals surface area (Å²) in [5, 5.41) is 3.49. The summed E-state index contributed by atoms with van der Waals surface area (Å²) in [7, 11) is 0. The molecular weight excluding hydrogens is 252 g/mol. The zero-order valence-corrected chi connectivity index (χ0v) is 10.4. The molecule has 1 N–H and O–H groups in total. The number of fused-ring (bicyclic) bond motifs is 1. The Morgan fingerprint density at radius 3 is 2.93 bits per heavy atom. The van der Waals surface area contributed by atoms with Gasteiger partial charge in [-0.2, -0.15) is 0 Å². The number of halogens is 1. The van der Waals surface area contributed by atoms with Crippen molar-refractivity contribution in [3.63, 3.8) is 0 Å². The summed E-state index contributed by atoms with van der Waals surface area (Å²) in [4.78, 5) is 2.58. The first-order valence-electron chi connectivity index (χ1n) is 5.58. The lowest BCUT2D eigenvalue weighted by Crippen LogP contribution is -2.43. The summed E-state index contributed by atoms with van der Waals surface area (Å²) in [6.45, 7) is 3.35. The van der Waals surface area contributed by atoms with Gasteiger partial charge in [0.2, 0.25) is 0 Å². The Hall–Kier alpha value is -0.700. The van der Waals surface area contributed by atoms with Crippen LogP contribution in [0.3, 0.4) is 0 Å². The van der Waals surface area contributed by atoms with Crippen LogP contribution in [0.4, 0.5) is 11.4 Å². The van der Waals surface area contributed by atoms with E-state index >= 15 is 0 Å². The molecule has 1 saturated carbocycles. The van der Waals surface area contributed by atoms with Gasteiger partial charge >= 0.3 is 0 Å². The van der Waals surface area contributed by atoms with Gasteiger partial charge < -0.3 is 10.2 Å². The van der Waals surface area contributed by atoms with Gasteiger partial charge in [-0.15, -0.1) is 0 Å². The summed E-state index contributed by atoms with van der Waals surface area (Å²) in [5.74, 6) is 0. The topological polar surface area (TPSA) is 15.3 Å². The average Bonchev–Trinajstić information content (AvgIpc) is 3.03. The Morgan fingerprint density at radius 1 is 1.40 bits per heavy atom. The number of nitrogens with zero attached hydrogens (tertiary/aromatic N) is 1. The quantitative estimate of drug-likeness (QED) is 0.840. The molecular formula is C12H15BrN2. The van der Waals surface area contributed by atoms with Gasteiger partial charge in [0.25, 0.3) is 0 Å². The van der Waals surface area contributed by atoms with Crippen molar-refractivity contribution < 1.29 is 0 Å². The second kappa shape index (κ2) is 3.41. The smallest absolute Gasteiger partial charge is 0.0751 e. The third-order valence-electron chi connectivity index (χ3n) is 3.25. The molecule has 2 nitrogen and oxygen atoms in total. The first kappa shape index (κ1) is 9.52. The van der Waals surface area contributed by atoms with Gasteiger partial charge in [-0.1, -0.05) is 6.07 Å². The molecule has 1 aliphatic carbocycles. The second-order valence-corrected chi connectivity index (χ2v) is 5.36. The van der Waals surface area contributed by atoms with Gasteiger partial charge in [-0.05, 0) is 47.8 Å². The lowest BCUT2D eigenvalue weighted by molar-refractivity contribution is 0.637.